The van der Waals surface area contributed by atoms with E-state index in [1.807, 2.05) is 0 Å². The smallest absolute Gasteiger partial charge is 0.0159 e. The van der Waals surface area contributed by atoms with Gasteiger partial charge in [0.25, 0.3) is 0 Å². The summed E-state index contributed by atoms with van der Waals surface area (Å²) in [5, 5.41) is 12.8. The largest absolute Gasteiger partial charge is 0.0616 e. The van der Waals surface area contributed by atoms with Crippen molar-refractivity contribution in [1.82, 2.24) is 0 Å². The molecule has 0 fully saturated rings. The molecule has 0 saturated heterocycles. The number of hydrogen-bond acceptors (Lipinski definition) is 0. The van der Waals surface area contributed by atoms with Crippen LogP contribution >= 0.6 is 0 Å². The van der Waals surface area contributed by atoms with E-state index in [1.165, 1.54) is 109 Å². The topological polar surface area (TPSA) is 0 Å². The third-order valence-corrected chi connectivity index (χ3v) is 12.0. The molecule has 0 saturated carbocycles. The molecule has 0 heterocycles. The summed E-state index contributed by atoms with van der Waals surface area (Å²) < 4.78 is 0. The predicted octanol–water partition coefficient (Wildman–Crippen LogP) is 14.8. The van der Waals surface area contributed by atoms with Crippen LogP contribution in [0.4, 0.5) is 0 Å². The molecule has 0 bridgehead atoms. The van der Waals surface area contributed by atoms with Crippen molar-refractivity contribution in [1.29, 1.82) is 0 Å². The molecule has 0 spiro atoms. The molecule has 10 aromatic rings. The van der Waals surface area contributed by atoms with E-state index in [0.29, 0.717) is 0 Å². The average molecular weight is 673 g/mol. The maximum absolute atomic E-state index is 2.43. The predicted molar refractivity (Wildman–Crippen MR) is 228 cm³/mol. The molecule has 10 aromatic carbocycles. The van der Waals surface area contributed by atoms with E-state index >= 15 is 0 Å². The Labute approximate surface area is 309 Å². The quantitative estimate of drug-likeness (QED) is 0.129. The van der Waals surface area contributed by atoms with E-state index in [-0.39, 0.29) is 5.41 Å². The monoisotopic (exact) mass is 672 g/mol. The lowest BCUT2D eigenvalue weighted by molar-refractivity contribution is 0.661. The highest BCUT2D eigenvalue weighted by atomic mass is 14.4. The van der Waals surface area contributed by atoms with Crippen LogP contribution in [-0.2, 0) is 5.41 Å². The molecule has 0 heteroatoms. The van der Waals surface area contributed by atoms with E-state index in [4.69, 9.17) is 0 Å². The van der Waals surface area contributed by atoms with Gasteiger partial charge in [-0.1, -0.05) is 172 Å². The minimum atomic E-state index is -0.0689. The molecule has 0 aliphatic heterocycles. The molecule has 0 radical (unpaired) electrons. The minimum absolute atomic E-state index is 0.0689. The van der Waals surface area contributed by atoms with Crippen molar-refractivity contribution in [2.24, 2.45) is 0 Å². The molecule has 1 aliphatic rings. The van der Waals surface area contributed by atoms with Gasteiger partial charge >= 0.3 is 0 Å². The molecular formula is C53H36. The Balaban J connectivity index is 1.07. The highest BCUT2D eigenvalue weighted by Gasteiger charge is 2.36. The SMILES string of the molecule is CC1(C)c2cc(-c3ccc(-c4c5ccccc5c(-c5cc6ccccc6c6ccccc56)c5ccccc45)cc3)ccc2-c2cc3ccccc3cc21. The summed E-state index contributed by atoms with van der Waals surface area (Å²) in [6.45, 7) is 4.75. The van der Waals surface area contributed by atoms with Crippen LogP contribution in [0.2, 0.25) is 0 Å². The van der Waals surface area contributed by atoms with Crippen LogP contribution in [0.1, 0.15) is 25.0 Å². The maximum atomic E-state index is 2.43. The van der Waals surface area contributed by atoms with Gasteiger partial charge < -0.3 is 0 Å². The molecule has 0 nitrogen and oxygen atoms in total. The first-order valence-electron chi connectivity index (χ1n) is 18.7. The van der Waals surface area contributed by atoms with Crippen LogP contribution in [0, 0.1) is 0 Å². The van der Waals surface area contributed by atoms with Gasteiger partial charge in [0.15, 0.2) is 0 Å². The molecular weight excluding hydrogens is 637 g/mol. The number of benzene rings is 10. The summed E-state index contributed by atoms with van der Waals surface area (Å²) in [5.41, 5.74) is 13.1. The Bertz CT molecular complexity index is 3060. The fraction of sp³-hybridized carbons (Fsp3) is 0.0566. The first-order chi connectivity index (χ1) is 26.0. The Hall–Kier alpha value is -6.50. The lowest BCUT2D eigenvalue weighted by Gasteiger charge is -2.22. The normalized spacial score (nSPS) is 13.2. The van der Waals surface area contributed by atoms with Crippen LogP contribution in [-0.4, -0.2) is 0 Å². The zero-order valence-electron chi connectivity index (χ0n) is 29.8. The van der Waals surface area contributed by atoms with Gasteiger partial charge in [-0.25, -0.2) is 0 Å². The molecule has 0 amide bonds. The molecule has 1 aliphatic carbocycles. The van der Waals surface area contributed by atoms with E-state index in [9.17, 15) is 0 Å². The molecule has 53 heavy (non-hydrogen) atoms. The molecule has 0 N–H and O–H groups in total. The van der Waals surface area contributed by atoms with E-state index < -0.39 is 0 Å². The third kappa shape index (κ3) is 4.42. The van der Waals surface area contributed by atoms with Crippen molar-refractivity contribution in [2.75, 3.05) is 0 Å². The molecule has 0 atom stereocenters. The van der Waals surface area contributed by atoms with Gasteiger partial charge in [0.1, 0.15) is 0 Å². The lowest BCUT2D eigenvalue weighted by atomic mass is 9.81. The van der Waals surface area contributed by atoms with Crippen LogP contribution < -0.4 is 0 Å². The lowest BCUT2D eigenvalue weighted by Crippen LogP contribution is -2.15. The zero-order chi connectivity index (χ0) is 35.3. The maximum Gasteiger partial charge on any atom is 0.0159 e. The summed E-state index contributed by atoms with van der Waals surface area (Å²) in [6, 6.07) is 67.9. The highest BCUT2D eigenvalue weighted by molar-refractivity contribution is 6.25. The van der Waals surface area contributed by atoms with Gasteiger partial charge in [-0.15, -0.1) is 0 Å². The minimum Gasteiger partial charge on any atom is -0.0616 e. The Morgan fingerprint density at radius 2 is 0.736 bits per heavy atom. The van der Waals surface area contributed by atoms with Crippen molar-refractivity contribution < 1.29 is 0 Å². The summed E-state index contributed by atoms with van der Waals surface area (Å²) in [4.78, 5) is 0. The van der Waals surface area contributed by atoms with Crippen LogP contribution in [0.3, 0.4) is 0 Å². The number of hydrogen-bond donors (Lipinski definition) is 0. The van der Waals surface area contributed by atoms with Crippen molar-refractivity contribution in [3.63, 3.8) is 0 Å². The third-order valence-electron chi connectivity index (χ3n) is 12.0. The van der Waals surface area contributed by atoms with E-state index in [2.05, 4.69) is 196 Å². The standard InChI is InChI=1S/C53H36/c1-53(2)49-32-37(27-28-42(49)47-29-35-13-3-4-14-36(35)31-50(47)53)33-23-25-34(26-24-33)51-43-19-9-11-21-45(43)52(46-22-12-10-20-44(46)51)48-30-38-15-5-6-16-39(38)40-17-7-8-18-41(40)48/h3-32H,1-2H3. The Morgan fingerprint density at radius 3 is 1.40 bits per heavy atom. The first kappa shape index (κ1) is 30.2. The fourth-order valence-corrected chi connectivity index (χ4v) is 9.42. The molecule has 248 valence electrons. The highest BCUT2D eigenvalue weighted by Crippen LogP contribution is 2.51. The zero-order valence-corrected chi connectivity index (χ0v) is 29.8. The van der Waals surface area contributed by atoms with Gasteiger partial charge in [0.2, 0.25) is 0 Å². The van der Waals surface area contributed by atoms with Crippen molar-refractivity contribution in [3.05, 3.63) is 193 Å². The average Bonchev–Trinajstić information content (AvgIpc) is 3.43. The second-order valence-electron chi connectivity index (χ2n) is 15.2. The van der Waals surface area contributed by atoms with Crippen LogP contribution in [0.5, 0.6) is 0 Å². The van der Waals surface area contributed by atoms with Crippen LogP contribution in [0.25, 0.3) is 98.4 Å². The second kappa shape index (κ2) is 11.2. The van der Waals surface area contributed by atoms with Gasteiger partial charge in [-0.05, 0) is 134 Å². The van der Waals surface area contributed by atoms with Crippen molar-refractivity contribution >= 4 is 53.9 Å². The van der Waals surface area contributed by atoms with Gasteiger partial charge in [-0.2, -0.15) is 0 Å². The summed E-state index contributed by atoms with van der Waals surface area (Å²) in [5.74, 6) is 0. The number of rotatable bonds is 3. The number of fused-ring (bicyclic) bond motifs is 9. The van der Waals surface area contributed by atoms with E-state index in [1.54, 1.807) is 0 Å². The van der Waals surface area contributed by atoms with Gasteiger partial charge in [-0.3, -0.25) is 0 Å². The van der Waals surface area contributed by atoms with Crippen molar-refractivity contribution in [3.8, 4) is 44.5 Å². The Kier molecular flexibility index (Phi) is 6.40. The molecule has 11 rings (SSSR count). The first-order valence-corrected chi connectivity index (χ1v) is 18.7. The summed E-state index contributed by atoms with van der Waals surface area (Å²) in [7, 11) is 0. The van der Waals surface area contributed by atoms with Gasteiger partial charge in [0, 0.05) is 5.41 Å². The molecule has 0 unspecified atom stereocenters. The van der Waals surface area contributed by atoms with E-state index in [0.717, 1.165) is 0 Å². The summed E-state index contributed by atoms with van der Waals surface area (Å²) >= 11 is 0. The second-order valence-corrected chi connectivity index (χ2v) is 15.2. The molecule has 0 aromatic heterocycles. The van der Waals surface area contributed by atoms with Gasteiger partial charge in [0.05, 0.1) is 0 Å². The van der Waals surface area contributed by atoms with Crippen molar-refractivity contribution in [2.45, 2.75) is 19.3 Å². The fourth-order valence-electron chi connectivity index (χ4n) is 9.42. The Morgan fingerprint density at radius 1 is 0.283 bits per heavy atom. The van der Waals surface area contributed by atoms with Crippen LogP contribution in [0.15, 0.2) is 182 Å². The summed E-state index contributed by atoms with van der Waals surface area (Å²) in [6.07, 6.45) is 0.